The van der Waals surface area contributed by atoms with Crippen molar-refractivity contribution in [2.24, 2.45) is 0 Å². The van der Waals surface area contributed by atoms with E-state index in [0.29, 0.717) is 23.7 Å². The molecule has 0 atom stereocenters. The van der Waals surface area contributed by atoms with Crippen LogP contribution in [0.1, 0.15) is 5.56 Å². The summed E-state index contributed by atoms with van der Waals surface area (Å²) in [6, 6.07) is 3.89. The zero-order chi connectivity index (χ0) is 14.5. The van der Waals surface area contributed by atoms with Gasteiger partial charge in [0.2, 0.25) is 5.75 Å². The Balaban J connectivity index is 3.05. The van der Waals surface area contributed by atoms with Crippen LogP contribution in [0.4, 0.5) is 0 Å². The highest BCUT2D eigenvalue weighted by Crippen LogP contribution is 2.38. The van der Waals surface area contributed by atoms with Crippen molar-refractivity contribution in [2.75, 3.05) is 21.3 Å². The fourth-order valence-electron chi connectivity index (χ4n) is 1.65. The smallest absolute Gasteiger partial charge is 0.203 e. The average Bonchev–Trinajstić information content (AvgIpc) is 2.35. The van der Waals surface area contributed by atoms with Gasteiger partial charge in [0.25, 0.3) is 0 Å². The van der Waals surface area contributed by atoms with Gasteiger partial charge in [-0.15, -0.1) is 11.5 Å². The normalized spacial score (nSPS) is 10.4. The van der Waals surface area contributed by atoms with E-state index in [1.165, 1.54) is 0 Å². The van der Waals surface area contributed by atoms with E-state index >= 15 is 0 Å². The van der Waals surface area contributed by atoms with Crippen LogP contribution in [0.25, 0.3) is 0 Å². The highest BCUT2D eigenvalue weighted by Gasteiger charge is 2.13. The van der Waals surface area contributed by atoms with Gasteiger partial charge in [0.1, 0.15) is 8.07 Å². The predicted octanol–water partition coefficient (Wildman–Crippen LogP) is 3.14. The van der Waals surface area contributed by atoms with Gasteiger partial charge in [-0.05, 0) is 17.7 Å². The summed E-state index contributed by atoms with van der Waals surface area (Å²) in [4.78, 5) is 0. The molecule has 0 aliphatic heterocycles. The first-order valence-corrected chi connectivity index (χ1v) is 9.70. The first-order chi connectivity index (χ1) is 8.91. The quantitative estimate of drug-likeness (QED) is 0.625. The van der Waals surface area contributed by atoms with E-state index in [1.54, 1.807) is 21.3 Å². The van der Waals surface area contributed by atoms with E-state index in [1.807, 2.05) is 12.1 Å². The van der Waals surface area contributed by atoms with Crippen LogP contribution >= 0.6 is 0 Å². The van der Waals surface area contributed by atoms with E-state index in [4.69, 9.17) is 14.2 Å². The van der Waals surface area contributed by atoms with E-state index in [9.17, 15) is 0 Å². The molecule has 0 spiro atoms. The number of rotatable bonds is 4. The average molecular weight is 278 g/mol. The van der Waals surface area contributed by atoms with Crippen molar-refractivity contribution in [2.45, 2.75) is 26.1 Å². The molecular formula is C15H22O3Si. The minimum absolute atomic E-state index is 0.618. The zero-order valence-corrected chi connectivity index (χ0v) is 13.6. The zero-order valence-electron chi connectivity index (χ0n) is 12.6. The van der Waals surface area contributed by atoms with Crippen LogP contribution in [0.2, 0.25) is 19.6 Å². The van der Waals surface area contributed by atoms with E-state index in [2.05, 4.69) is 31.1 Å². The molecule has 0 fully saturated rings. The first-order valence-electron chi connectivity index (χ1n) is 6.20. The van der Waals surface area contributed by atoms with Crippen LogP contribution in [0.3, 0.4) is 0 Å². The highest BCUT2D eigenvalue weighted by molar-refractivity contribution is 6.83. The lowest BCUT2D eigenvalue weighted by atomic mass is 10.1. The molecule has 0 heterocycles. The monoisotopic (exact) mass is 278 g/mol. The van der Waals surface area contributed by atoms with Gasteiger partial charge in [-0.2, -0.15) is 0 Å². The molecule has 0 N–H and O–H groups in total. The third-order valence-electron chi connectivity index (χ3n) is 2.48. The molecule has 0 saturated carbocycles. The van der Waals surface area contributed by atoms with E-state index in [0.717, 1.165) is 5.56 Å². The van der Waals surface area contributed by atoms with Crippen molar-refractivity contribution < 1.29 is 14.2 Å². The number of benzene rings is 1. The second-order valence-corrected chi connectivity index (χ2v) is 10.0. The van der Waals surface area contributed by atoms with Crippen LogP contribution in [0.15, 0.2) is 12.1 Å². The number of methoxy groups -OCH3 is 3. The Morgan fingerprint density at radius 1 is 0.947 bits per heavy atom. The summed E-state index contributed by atoms with van der Waals surface area (Å²) in [5.74, 6) is 5.20. The fourth-order valence-corrected chi connectivity index (χ4v) is 2.27. The summed E-state index contributed by atoms with van der Waals surface area (Å²) in [6.07, 6.45) is 0.695. The third-order valence-corrected chi connectivity index (χ3v) is 3.41. The standard InChI is InChI=1S/C15H22O3Si/c1-16-13-10-12(8-7-9-19(4,5)6)11-14(17-2)15(13)18-3/h10-11H,8H2,1-6H3. The largest absolute Gasteiger partial charge is 0.493 e. The molecule has 0 radical (unpaired) electrons. The number of ether oxygens (including phenoxy) is 3. The Kier molecular flexibility index (Phi) is 5.31. The molecule has 0 aliphatic carbocycles. The molecule has 1 aromatic rings. The summed E-state index contributed by atoms with van der Waals surface area (Å²) in [5.41, 5.74) is 4.42. The van der Waals surface area contributed by atoms with Gasteiger partial charge in [-0.3, -0.25) is 0 Å². The molecular weight excluding hydrogens is 256 g/mol. The minimum atomic E-state index is -1.32. The summed E-state index contributed by atoms with van der Waals surface area (Å²) in [7, 11) is 3.52. The lowest BCUT2D eigenvalue weighted by Crippen LogP contribution is -2.16. The Labute approximate surface area is 116 Å². The highest BCUT2D eigenvalue weighted by atomic mass is 28.3. The number of hydrogen-bond acceptors (Lipinski definition) is 3. The molecule has 0 unspecified atom stereocenters. The van der Waals surface area contributed by atoms with Crippen LogP contribution in [0, 0.1) is 11.5 Å². The van der Waals surface area contributed by atoms with Gasteiger partial charge >= 0.3 is 0 Å². The first kappa shape index (κ1) is 15.5. The van der Waals surface area contributed by atoms with Crippen LogP contribution in [0.5, 0.6) is 17.2 Å². The van der Waals surface area contributed by atoms with Crippen molar-refractivity contribution in [1.82, 2.24) is 0 Å². The van der Waals surface area contributed by atoms with Gasteiger partial charge in [0.05, 0.1) is 21.3 Å². The van der Waals surface area contributed by atoms with Gasteiger partial charge in [-0.1, -0.05) is 19.6 Å². The fraction of sp³-hybridized carbons (Fsp3) is 0.467. The van der Waals surface area contributed by atoms with Gasteiger partial charge in [-0.25, -0.2) is 0 Å². The van der Waals surface area contributed by atoms with E-state index < -0.39 is 8.07 Å². The predicted molar refractivity (Wildman–Crippen MR) is 80.9 cm³/mol. The molecule has 1 aromatic carbocycles. The van der Waals surface area contributed by atoms with Crippen molar-refractivity contribution in [1.29, 1.82) is 0 Å². The summed E-state index contributed by atoms with van der Waals surface area (Å²) >= 11 is 0. The molecule has 3 nitrogen and oxygen atoms in total. The maximum Gasteiger partial charge on any atom is 0.203 e. The molecule has 1 rings (SSSR count). The maximum absolute atomic E-state index is 5.32. The lowest BCUT2D eigenvalue weighted by molar-refractivity contribution is 0.324. The van der Waals surface area contributed by atoms with Gasteiger partial charge < -0.3 is 14.2 Å². The minimum Gasteiger partial charge on any atom is -0.493 e. The summed E-state index contributed by atoms with van der Waals surface area (Å²) < 4.78 is 15.9. The van der Waals surface area contributed by atoms with Crippen LogP contribution in [-0.4, -0.2) is 29.4 Å². The second kappa shape index (κ2) is 6.53. The molecule has 0 aromatic heterocycles. The molecule has 0 bridgehead atoms. The summed E-state index contributed by atoms with van der Waals surface area (Å²) in [6.45, 7) is 6.69. The SMILES string of the molecule is COc1cc(CC#C[Si](C)(C)C)cc(OC)c1OC. The molecule has 19 heavy (non-hydrogen) atoms. The topological polar surface area (TPSA) is 27.7 Å². The van der Waals surface area contributed by atoms with Crippen molar-refractivity contribution in [3.63, 3.8) is 0 Å². The maximum atomic E-state index is 5.32. The lowest BCUT2D eigenvalue weighted by Gasteiger charge is -2.13. The molecule has 104 valence electrons. The van der Waals surface area contributed by atoms with Crippen molar-refractivity contribution >= 4 is 8.07 Å². The number of hydrogen-bond donors (Lipinski definition) is 0. The van der Waals surface area contributed by atoms with Gasteiger partial charge in [0, 0.05) is 6.42 Å². The van der Waals surface area contributed by atoms with Gasteiger partial charge in [0.15, 0.2) is 11.5 Å². The second-order valence-electron chi connectivity index (χ2n) is 5.26. The Morgan fingerprint density at radius 2 is 1.47 bits per heavy atom. The third kappa shape index (κ3) is 4.53. The van der Waals surface area contributed by atoms with E-state index in [-0.39, 0.29) is 0 Å². The molecule has 4 heteroatoms. The Bertz CT molecular complexity index is 467. The summed E-state index contributed by atoms with van der Waals surface area (Å²) in [5, 5.41) is 0. The van der Waals surface area contributed by atoms with Crippen LogP contribution < -0.4 is 14.2 Å². The molecule has 0 amide bonds. The van der Waals surface area contributed by atoms with Crippen LogP contribution in [-0.2, 0) is 6.42 Å². The molecule has 0 aliphatic rings. The van der Waals surface area contributed by atoms with Crippen molar-refractivity contribution in [3.8, 4) is 28.7 Å². The molecule has 0 saturated heterocycles. The van der Waals surface area contributed by atoms with Crippen molar-refractivity contribution in [3.05, 3.63) is 17.7 Å². The Morgan fingerprint density at radius 3 is 1.84 bits per heavy atom. The Hall–Kier alpha value is -1.60.